The van der Waals surface area contributed by atoms with Crippen molar-refractivity contribution < 1.29 is 9.59 Å². The molecule has 0 aromatic carbocycles. The van der Waals surface area contributed by atoms with Gasteiger partial charge in [0.1, 0.15) is 6.04 Å². The first-order valence-corrected chi connectivity index (χ1v) is 6.29. The van der Waals surface area contributed by atoms with Gasteiger partial charge in [0.15, 0.2) is 5.78 Å². The van der Waals surface area contributed by atoms with Crippen molar-refractivity contribution in [3.63, 3.8) is 0 Å². The van der Waals surface area contributed by atoms with Crippen LogP contribution in [0.4, 0.5) is 0 Å². The van der Waals surface area contributed by atoms with E-state index in [-0.39, 0.29) is 11.2 Å². The Morgan fingerprint density at radius 3 is 2.44 bits per heavy atom. The molecule has 2 rings (SSSR count). The van der Waals surface area contributed by atoms with Gasteiger partial charge in [-0.05, 0) is 31.6 Å². The fourth-order valence-electron chi connectivity index (χ4n) is 2.68. The lowest BCUT2D eigenvalue weighted by atomic mass is 9.79. The Morgan fingerprint density at radius 1 is 1.31 bits per heavy atom. The smallest absolute Gasteiger partial charge is 0.235 e. The molecule has 0 aromatic rings. The number of ketones is 1. The van der Waals surface area contributed by atoms with Crippen LogP contribution in [0, 0.1) is 11.3 Å². The summed E-state index contributed by atoms with van der Waals surface area (Å²) >= 11 is 0. The van der Waals surface area contributed by atoms with Crippen molar-refractivity contribution >= 4 is 11.9 Å². The van der Waals surface area contributed by atoms with Gasteiger partial charge in [-0.25, -0.2) is 4.79 Å². The topological polar surface area (TPSA) is 46.5 Å². The molecule has 0 N–H and O–H groups in total. The van der Waals surface area contributed by atoms with Crippen molar-refractivity contribution in [2.75, 3.05) is 0 Å². The maximum Gasteiger partial charge on any atom is 0.235 e. The number of carbonyl (C=O) groups is 1. The van der Waals surface area contributed by atoms with Crippen LogP contribution < -0.4 is 0 Å². The van der Waals surface area contributed by atoms with Crippen molar-refractivity contribution in [1.29, 1.82) is 0 Å². The third kappa shape index (κ3) is 2.25. The van der Waals surface area contributed by atoms with Gasteiger partial charge >= 0.3 is 0 Å². The minimum Gasteiger partial charge on any atom is -0.297 e. The molecule has 88 valence electrons. The molecular formula is C13H19NO2. The fraction of sp³-hybridized carbons (Fsp3) is 0.846. The molecule has 2 aliphatic rings. The Labute approximate surface area is 96.3 Å². The van der Waals surface area contributed by atoms with E-state index in [1.54, 1.807) is 6.08 Å². The number of nitrogens with zero attached hydrogens (tertiary/aromatic N) is 1. The molecule has 0 radical (unpaired) electrons. The molecule has 0 aromatic heterocycles. The van der Waals surface area contributed by atoms with Crippen molar-refractivity contribution in [3.8, 4) is 0 Å². The summed E-state index contributed by atoms with van der Waals surface area (Å²) in [6.07, 6.45) is 9.18. The molecule has 0 amide bonds. The second-order valence-electron chi connectivity index (χ2n) is 5.49. The summed E-state index contributed by atoms with van der Waals surface area (Å²) in [5, 5.41) is 0. The van der Waals surface area contributed by atoms with E-state index in [0.29, 0.717) is 5.92 Å². The van der Waals surface area contributed by atoms with Crippen LogP contribution in [0.1, 0.15) is 51.9 Å². The van der Waals surface area contributed by atoms with E-state index in [4.69, 9.17) is 0 Å². The van der Waals surface area contributed by atoms with Crippen molar-refractivity contribution in [2.45, 2.75) is 57.9 Å². The Morgan fingerprint density at radius 2 is 1.94 bits per heavy atom. The van der Waals surface area contributed by atoms with Crippen LogP contribution >= 0.6 is 0 Å². The maximum atomic E-state index is 12.2. The highest BCUT2D eigenvalue weighted by atomic mass is 16.1. The molecular weight excluding hydrogens is 202 g/mol. The van der Waals surface area contributed by atoms with Crippen LogP contribution in [-0.2, 0) is 9.59 Å². The molecule has 1 atom stereocenters. The number of Topliss-reactive ketones (excluding diaryl/α,β-unsaturated/α-hetero) is 1. The second-order valence-corrected chi connectivity index (χ2v) is 5.49. The van der Waals surface area contributed by atoms with Gasteiger partial charge in [0, 0.05) is 5.41 Å². The molecule has 16 heavy (non-hydrogen) atoms. The molecule has 0 bridgehead atoms. The molecule has 0 spiro atoms. The van der Waals surface area contributed by atoms with Gasteiger partial charge in [0.05, 0.1) is 0 Å². The summed E-state index contributed by atoms with van der Waals surface area (Å²) in [4.78, 5) is 26.5. The number of carbonyl (C=O) groups excluding carboxylic acids is 2. The Bertz CT molecular complexity index is 321. The lowest BCUT2D eigenvalue weighted by Crippen LogP contribution is -2.34. The highest BCUT2D eigenvalue weighted by Crippen LogP contribution is 2.48. The summed E-state index contributed by atoms with van der Waals surface area (Å²) in [6, 6.07) is -0.398. The molecule has 0 heterocycles. The lowest BCUT2D eigenvalue weighted by Gasteiger charge is -2.27. The van der Waals surface area contributed by atoms with Crippen molar-refractivity contribution in [2.24, 2.45) is 16.3 Å². The van der Waals surface area contributed by atoms with Crippen molar-refractivity contribution in [1.82, 2.24) is 0 Å². The van der Waals surface area contributed by atoms with E-state index in [2.05, 4.69) is 4.99 Å². The summed E-state index contributed by atoms with van der Waals surface area (Å²) in [5.74, 6) is 0.475. The number of isocyanates is 1. The molecule has 2 saturated carbocycles. The first-order valence-electron chi connectivity index (χ1n) is 6.29. The van der Waals surface area contributed by atoms with Crippen LogP contribution in [0.3, 0.4) is 0 Å². The Hall–Kier alpha value is -0.950. The summed E-state index contributed by atoms with van der Waals surface area (Å²) in [7, 11) is 0. The van der Waals surface area contributed by atoms with E-state index >= 15 is 0 Å². The normalized spacial score (nSPS) is 25.6. The van der Waals surface area contributed by atoms with Gasteiger partial charge in [0.2, 0.25) is 6.08 Å². The zero-order valence-corrected chi connectivity index (χ0v) is 9.87. The maximum absolute atomic E-state index is 12.2. The SMILES string of the molecule is CC1(C(=O)[C@@H](N=C=O)C2CCCCC2)CC1. The predicted octanol–water partition coefficient (Wildman–Crippen LogP) is 2.64. The molecule has 0 aliphatic heterocycles. The number of hydrogen-bond acceptors (Lipinski definition) is 3. The molecule has 3 heteroatoms. The van der Waals surface area contributed by atoms with Gasteiger partial charge in [0.25, 0.3) is 0 Å². The van der Waals surface area contributed by atoms with Gasteiger partial charge in [-0.2, -0.15) is 4.99 Å². The molecule has 0 unspecified atom stereocenters. The molecule has 0 saturated heterocycles. The van der Waals surface area contributed by atoms with E-state index in [9.17, 15) is 9.59 Å². The van der Waals surface area contributed by atoms with Gasteiger partial charge in [-0.3, -0.25) is 4.79 Å². The average molecular weight is 221 g/mol. The third-order valence-corrected chi connectivity index (χ3v) is 4.15. The Balaban J connectivity index is 2.09. The largest absolute Gasteiger partial charge is 0.297 e. The summed E-state index contributed by atoms with van der Waals surface area (Å²) in [5.41, 5.74) is -0.178. The van der Waals surface area contributed by atoms with Crippen LogP contribution in [0.25, 0.3) is 0 Å². The highest BCUT2D eigenvalue weighted by Gasteiger charge is 2.49. The van der Waals surface area contributed by atoms with Crippen molar-refractivity contribution in [3.05, 3.63) is 0 Å². The van der Waals surface area contributed by atoms with Crippen LogP contribution in [-0.4, -0.2) is 17.9 Å². The second kappa shape index (κ2) is 4.50. The van der Waals surface area contributed by atoms with E-state index in [1.807, 2.05) is 6.92 Å². The molecule has 3 nitrogen and oxygen atoms in total. The fourth-order valence-corrected chi connectivity index (χ4v) is 2.68. The monoisotopic (exact) mass is 221 g/mol. The standard InChI is InChI=1S/C13H19NO2/c1-13(7-8-13)12(16)11(14-9-15)10-5-3-2-4-6-10/h10-11H,2-8H2,1H3/t11-/m0/s1. The minimum absolute atomic E-state index is 0.178. The highest BCUT2D eigenvalue weighted by molar-refractivity contribution is 5.92. The number of aliphatic imine (C=N–C) groups is 1. The van der Waals surface area contributed by atoms with Gasteiger partial charge in [-0.15, -0.1) is 0 Å². The quantitative estimate of drug-likeness (QED) is 0.541. The summed E-state index contributed by atoms with van der Waals surface area (Å²) in [6.45, 7) is 1.99. The van der Waals surface area contributed by atoms with Gasteiger partial charge < -0.3 is 0 Å². The van der Waals surface area contributed by atoms with E-state index < -0.39 is 6.04 Å². The van der Waals surface area contributed by atoms with Gasteiger partial charge in [-0.1, -0.05) is 26.2 Å². The van der Waals surface area contributed by atoms with Crippen LogP contribution in [0.2, 0.25) is 0 Å². The first kappa shape index (κ1) is 11.5. The van der Waals surface area contributed by atoms with E-state index in [1.165, 1.54) is 19.3 Å². The molecule has 2 fully saturated rings. The first-order chi connectivity index (χ1) is 7.67. The van der Waals surface area contributed by atoms with E-state index in [0.717, 1.165) is 25.7 Å². The minimum atomic E-state index is -0.398. The number of rotatable bonds is 4. The average Bonchev–Trinajstić information content (AvgIpc) is 3.06. The Kier molecular flexibility index (Phi) is 3.25. The van der Waals surface area contributed by atoms with Crippen LogP contribution in [0.5, 0.6) is 0 Å². The summed E-state index contributed by atoms with van der Waals surface area (Å²) < 4.78 is 0. The zero-order valence-electron chi connectivity index (χ0n) is 9.87. The molecule has 2 aliphatic carbocycles. The third-order valence-electron chi connectivity index (χ3n) is 4.15. The van der Waals surface area contributed by atoms with Crippen LogP contribution in [0.15, 0.2) is 4.99 Å². The predicted molar refractivity (Wildman–Crippen MR) is 60.8 cm³/mol. The lowest BCUT2D eigenvalue weighted by molar-refractivity contribution is -0.126. The zero-order chi connectivity index (χ0) is 11.6. The number of hydrogen-bond donors (Lipinski definition) is 0.